The van der Waals surface area contributed by atoms with Crippen molar-refractivity contribution < 1.29 is 18.3 Å². The van der Waals surface area contributed by atoms with Gasteiger partial charge in [0.15, 0.2) is 5.78 Å². The predicted octanol–water partition coefficient (Wildman–Crippen LogP) is 3.81. The molecule has 1 aliphatic rings. The van der Waals surface area contributed by atoms with Crippen LogP contribution in [0.5, 0.6) is 0 Å². The van der Waals surface area contributed by atoms with Crippen molar-refractivity contribution in [3.63, 3.8) is 0 Å². The molecule has 0 N–H and O–H groups in total. The molecule has 29 heavy (non-hydrogen) atoms. The number of aryl methyl sites for hydroxylation is 1. The summed E-state index contributed by atoms with van der Waals surface area (Å²) in [4.78, 5) is 27.2. The summed E-state index contributed by atoms with van der Waals surface area (Å²) in [5, 5.41) is 0.727. The Kier molecular flexibility index (Phi) is 5.56. The van der Waals surface area contributed by atoms with E-state index in [9.17, 15) is 14.0 Å². The smallest absolute Gasteiger partial charge is 0.347 e. The van der Waals surface area contributed by atoms with Crippen molar-refractivity contribution in [2.24, 2.45) is 0 Å². The molecule has 0 atom stereocenters. The molecule has 3 aromatic rings. The van der Waals surface area contributed by atoms with Crippen LogP contribution in [0, 0.1) is 12.7 Å². The summed E-state index contributed by atoms with van der Waals surface area (Å²) in [6.45, 7) is 5.43. The Bertz CT molecular complexity index is 1100. The van der Waals surface area contributed by atoms with E-state index in [0.717, 1.165) is 35.2 Å². The zero-order valence-electron chi connectivity index (χ0n) is 16.2. The van der Waals surface area contributed by atoms with E-state index in [1.54, 1.807) is 24.3 Å². The molecule has 1 saturated heterocycles. The van der Waals surface area contributed by atoms with Gasteiger partial charge in [0.2, 0.25) is 0 Å². The molecule has 2 aromatic carbocycles. The third-order valence-electron chi connectivity index (χ3n) is 5.30. The molecule has 1 aromatic heterocycles. The molecular weight excluding hydrogens is 373 g/mol. The van der Waals surface area contributed by atoms with Gasteiger partial charge in [-0.3, -0.25) is 9.69 Å². The van der Waals surface area contributed by atoms with Gasteiger partial charge in [-0.2, -0.15) is 0 Å². The minimum absolute atomic E-state index is 0.0865. The highest BCUT2D eigenvalue weighted by Crippen LogP contribution is 2.27. The number of benzene rings is 2. The fourth-order valence-electron chi connectivity index (χ4n) is 3.62. The Morgan fingerprint density at radius 1 is 1.07 bits per heavy atom. The Morgan fingerprint density at radius 3 is 2.52 bits per heavy atom. The molecule has 0 radical (unpaired) electrons. The number of Topliss-reactive ketones (excluding diaryl/α,β-unsaturated/α-hetero) is 1. The summed E-state index contributed by atoms with van der Waals surface area (Å²) >= 11 is 0. The topological polar surface area (TPSA) is 59.8 Å². The van der Waals surface area contributed by atoms with E-state index in [-0.39, 0.29) is 23.6 Å². The summed E-state index contributed by atoms with van der Waals surface area (Å²) in [7, 11) is 0. The lowest BCUT2D eigenvalue weighted by atomic mass is 9.99. The number of hydrogen-bond acceptors (Lipinski definition) is 5. The SMILES string of the molecule is Cc1cc(-c2ccc(F)cc2)cc2oc(=O)c(C(=O)CCN3CCOCC3)cc12. The monoisotopic (exact) mass is 395 g/mol. The summed E-state index contributed by atoms with van der Waals surface area (Å²) in [6, 6.07) is 11.5. The second-order valence-corrected chi connectivity index (χ2v) is 7.29. The average Bonchev–Trinajstić information content (AvgIpc) is 2.72. The van der Waals surface area contributed by atoms with E-state index in [1.165, 1.54) is 12.1 Å². The first kappa shape index (κ1) is 19.5. The number of nitrogens with zero attached hydrogens (tertiary/aromatic N) is 1. The molecule has 0 bridgehead atoms. The van der Waals surface area contributed by atoms with Crippen LogP contribution in [0.15, 0.2) is 51.7 Å². The highest BCUT2D eigenvalue weighted by Gasteiger charge is 2.18. The van der Waals surface area contributed by atoms with Crippen molar-refractivity contribution in [2.75, 3.05) is 32.8 Å². The van der Waals surface area contributed by atoms with E-state index < -0.39 is 5.63 Å². The first-order chi connectivity index (χ1) is 14.0. The molecule has 4 rings (SSSR count). The Balaban J connectivity index is 1.61. The van der Waals surface area contributed by atoms with Crippen LogP contribution < -0.4 is 5.63 Å². The standard InChI is InChI=1S/C23H22FNO4/c1-15-12-17(16-2-4-18(24)5-3-16)13-22-19(15)14-20(23(27)29-22)21(26)6-7-25-8-10-28-11-9-25/h2-5,12-14H,6-11H2,1H3. The maximum atomic E-state index is 13.2. The zero-order valence-corrected chi connectivity index (χ0v) is 16.2. The minimum Gasteiger partial charge on any atom is -0.422 e. The van der Waals surface area contributed by atoms with Crippen LogP contribution in [0.25, 0.3) is 22.1 Å². The van der Waals surface area contributed by atoms with Crippen molar-refractivity contribution in [2.45, 2.75) is 13.3 Å². The van der Waals surface area contributed by atoms with Gasteiger partial charge in [0.25, 0.3) is 0 Å². The summed E-state index contributed by atoms with van der Waals surface area (Å²) in [5.41, 5.74) is 2.41. The van der Waals surface area contributed by atoms with E-state index in [4.69, 9.17) is 9.15 Å². The first-order valence-corrected chi connectivity index (χ1v) is 9.69. The predicted molar refractivity (Wildman–Crippen MR) is 109 cm³/mol. The largest absolute Gasteiger partial charge is 0.422 e. The van der Waals surface area contributed by atoms with Crippen molar-refractivity contribution in [1.29, 1.82) is 0 Å². The number of morpholine rings is 1. The molecule has 0 aliphatic carbocycles. The summed E-state index contributed by atoms with van der Waals surface area (Å²) in [5.74, 6) is -0.521. The maximum Gasteiger partial charge on any atom is 0.347 e. The van der Waals surface area contributed by atoms with Gasteiger partial charge >= 0.3 is 5.63 Å². The molecule has 1 aliphatic heterocycles. The molecule has 2 heterocycles. The Hall–Kier alpha value is -2.83. The normalized spacial score (nSPS) is 15.0. The number of hydrogen-bond donors (Lipinski definition) is 0. The van der Waals surface area contributed by atoms with Crippen LogP contribution in [0.1, 0.15) is 22.3 Å². The van der Waals surface area contributed by atoms with Crippen LogP contribution in [-0.2, 0) is 4.74 Å². The van der Waals surface area contributed by atoms with Crippen LogP contribution in [-0.4, -0.2) is 43.5 Å². The molecule has 0 saturated carbocycles. The second-order valence-electron chi connectivity index (χ2n) is 7.29. The second kappa shape index (κ2) is 8.27. The lowest BCUT2D eigenvalue weighted by Gasteiger charge is -2.26. The number of fused-ring (bicyclic) bond motifs is 1. The van der Waals surface area contributed by atoms with Gasteiger partial charge < -0.3 is 9.15 Å². The lowest BCUT2D eigenvalue weighted by Crippen LogP contribution is -2.37. The number of halogens is 1. The third kappa shape index (κ3) is 4.28. The van der Waals surface area contributed by atoms with Crippen LogP contribution in [0.4, 0.5) is 4.39 Å². The molecule has 150 valence electrons. The van der Waals surface area contributed by atoms with Gasteiger partial charge in [0.1, 0.15) is 17.0 Å². The molecule has 6 heteroatoms. The van der Waals surface area contributed by atoms with Crippen LogP contribution in [0.2, 0.25) is 0 Å². The molecule has 1 fully saturated rings. The van der Waals surface area contributed by atoms with Crippen LogP contribution >= 0.6 is 0 Å². The molecule has 0 spiro atoms. The minimum atomic E-state index is -0.625. The zero-order chi connectivity index (χ0) is 20.4. The summed E-state index contributed by atoms with van der Waals surface area (Å²) in [6.07, 6.45) is 0.267. The third-order valence-corrected chi connectivity index (χ3v) is 5.30. The highest BCUT2D eigenvalue weighted by atomic mass is 19.1. The number of carbonyl (C=O) groups is 1. The van der Waals surface area contributed by atoms with Gasteiger partial charge in [-0.05, 0) is 47.9 Å². The van der Waals surface area contributed by atoms with Gasteiger partial charge in [-0.15, -0.1) is 0 Å². The fraction of sp³-hybridized carbons (Fsp3) is 0.304. The number of ether oxygens (including phenoxy) is 1. The van der Waals surface area contributed by atoms with E-state index in [2.05, 4.69) is 4.90 Å². The van der Waals surface area contributed by atoms with E-state index in [0.29, 0.717) is 25.3 Å². The first-order valence-electron chi connectivity index (χ1n) is 9.69. The van der Waals surface area contributed by atoms with Crippen molar-refractivity contribution in [3.8, 4) is 11.1 Å². The Morgan fingerprint density at radius 2 is 1.79 bits per heavy atom. The van der Waals surface area contributed by atoms with Crippen molar-refractivity contribution >= 4 is 16.8 Å². The Labute approximate surface area is 167 Å². The number of carbonyl (C=O) groups excluding carboxylic acids is 1. The van der Waals surface area contributed by atoms with E-state index >= 15 is 0 Å². The maximum absolute atomic E-state index is 13.2. The van der Waals surface area contributed by atoms with Gasteiger partial charge in [0.05, 0.1) is 13.2 Å². The molecular formula is C23H22FNO4. The van der Waals surface area contributed by atoms with E-state index in [1.807, 2.05) is 13.0 Å². The van der Waals surface area contributed by atoms with Gasteiger partial charge in [-0.25, -0.2) is 9.18 Å². The lowest BCUT2D eigenvalue weighted by molar-refractivity contribution is 0.0370. The van der Waals surface area contributed by atoms with Gasteiger partial charge in [0, 0.05) is 31.4 Å². The molecule has 5 nitrogen and oxygen atoms in total. The van der Waals surface area contributed by atoms with Crippen LogP contribution in [0.3, 0.4) is 0 Å². The van der Waals surface area contributed by atoms with Gasteiger partial charge in [-0.1, -0.05) is 18.2 Å². The molecule has 0 unspecified atom stereocenters. The number of ketones is 1. The highest BCUT2D eigenvalue weighted by molar-refractivity contribution is 5.99. The van der Waals surface area contributed by atoms with Crippen molar-refractivity contribution in [3.05, 3.63) is 69.8 Å². The fourth-order valence-corrected chi connectivity index (χ4v) is 3.62. The molecule has 0 amide bonds. The summed E-state index contributed by atoms with van der Waals surface area (Å²) < 4.78 is 24.0. The quantitative estimate of drug-likeness (QED) is 0.486. The van der Waals surface area contributed by atoms with Crippen molar-refractivity contribution in [1.82, 2.24) is 4.90 Å². The number of rotatable bonds is 5. The average molecular weight is 395 g/mol.